The number of fused-ring (bicyclic) bond motifs is 1. The molecule has 1 heterocycles. The minimum Gasteiger partial charge on any atom is -0.398 e. The number of carbonyl (C=O) groups excluding carboxylic acids is 1. The summed E-state index contributed by atoms with van der Waals surface area (Å²) in [6.45, 7) is 0. The Hall–Kier alpha value is -2.20. The Balaban J connectivity index is 2.08. The van der Waals surface area contributed by atoms with Crippen molar-refractivity contribution in [1.82, 2.24) is 4.98 Å². The number of anilines is 1. The molecule has 0 fully saturated rings. The van der Waals surface area contributed by atoms with Gasteiger partial charge in [-0.15, -0.1) is 0 Å². The molecule has 0 amide bonds. The smallest absolute Gasteiger partial charge is 0.195 e. The lowest BCUT2D eigenvalue weighted by atomic mass is 10.0. The largest absolute Gasteiger partial charge is 0.398 e. The third-order valence-corrected chi connectivity index (χ3v) is 3.62. The molecule has 0 unspecified atom stereocenters. The van der Waals surface area contributed by atoms with Crippen LogP contribution in [0, 0.1) is 0 Å². The summed E-state index contributed by atoms with van der Waals surface area (Å²) in [5.41, 5.74) is 8.37. The zero-order valence-corrected chi connectivity index (χ0v) is 12.1. The highest BCUT2D eigenvalue weighted by Gasteiger charge is 2.13. The third-order valence-electron chi connectivity index (χ3n) is 3.12. The summed E-state index contributed by atoms with van der Waals surface area (Å²) in [7, 11) is 0. The summed E-state index contributed by atoms with van der Waals surface area (Å²) in [5.74, 6) is -0.0826. The molecule has 98 valence electrons. The van der Waals surface area contributed by atoms with Crippen molar-refractivity contribution in [2.45, 2.75) is 0 Å². The first kappa shape index (κ1) is 12.8. The van der Waals surface area contributed by atoms with Crippen LogP contribution in [0.2, 0.25) is 0 Å². The molecule has 3 nitrogen and oxygen atoms in total. The number of carbonyl (C=O) groups is 1. The lowest BCUT2D eigenvalue weighted by molar-refractivity contribution is 0.103. The van der Waals surface area contributed by atoms with Crippen molar-refractivity contribution in [2.24, 2.45) is 0 Å². The van der Waals surface area contributed by atoms with Crippen LogP contribution in [0.4, 0.5) is 5.69 Å². The highest BCUT2D eigenvalue weighted by molar-refractivity contribution is 9.10. The maximum atomic E-state index is 12.5. The molecule has 0 atom stereocenters. The second kappa shape index (κ2) is 5.06. The number of pyridine rings is 1. The number of nitrogens with zero attached hydrogens (tertiary/aromatic N) is 1. The van der Waals surface area contributed by atoms with Crippen LogP contribution in [-0.4, -0.2) is 10.8 Å². The topological polar surface area (TPSA) is 56.0 Å². The Morgan fingerprint density at radius 2 is 1.95 bits per heavy atom. The average molecular weight is 327 g/mol. The minimum absolute atomic E-state index is 0.0826. The molecule has 3 aromatic rings. The lowest BCUT2D eigenvalue weighted by Gasteiger charge is -2.06. The van der Waals surface area contributed by atoms with Crippen molar-refractivity contribution in [3.63, 3.8) is 0 Å². The summed E-state index contributed by atoms with van der Waals surface area (Å²) in [4.78, 5) is 16.7. The lowest BCUT2D eigenvalue weighted by Crippen LogP contribution is -2.05. The molecular weight excluding hydrogens is 316 g/mol. The molecule has 0 radical (unpaired) electrons. The van der Waals surface area contributed by atoms with Gasteiger partial charge in [-0.1, -0.05) is 22.0 Å². The van der Waals surface area contributed by atoms with Crippen molar-refractivity contribution < 1.29 is 4.79 Å². The van der Waals surface area contributed by atoms with Crippen LogP contribution in [0.15, 0.2) is 59.2 Å². The van der Waals surface area contributed by atoms with E-state index in [-0.39, 0.29) is 5.78 Å². The molecule has 20 heavy (non-hydrogen) atoms. The molecule has 0 aliphatic rings. The molecule has 0 saturated heterocycles. The Bertz CT molecular complexity index is 814. The second-order valence-corrected chi connectivity index (χ2v) is 5.39. The third kappa shape index (κ3) is 2.30. The molecular formula is C16H11BrN2O. The molecule has 0 saturated carbocycles. The van der Waals surface area contributed by atoms with Crippen LogP contribution < -0.4 is 5.73 Å². The molecule has 3 rings (SSSR count). The first-order valence-corrected chi connectivity index (χ1v) is 6.89. The van der Waals surface area contributed by atoms with E-state index >= 15 is 0 Å². The Morgan fingerprint density at radius 3 is 2.75 bits per heavy atom. The van der Waals surface area contributed by atoms with Crippen LogP contribution in [-0.2, 0) is 0 Å². The summed E-state index contributed by atoms with van der Waals surface area (Å²) >= 11 is 3.33. The summed E-state index contributed by atoms with van der Waals surface area (Å²) in [6.07, 6.45) is 1.73. The fraction of sp³-hybridized carbons (Fsp3) is 0. The molecule has 0 aliphatic carbocycles. The standard InChI is InChI=1S/C16H11BrN2O/c17-12-4-5-13(14(18)9-12)16(20)11-3-6-15-10(8-11)2-1-7-19-15/h1-9H,18H2. The van der Waals surface area contributed by atoms with Gasteiger partial charge in [0, 0.05) is 32.9 Å². The van der Waals surface area contributed by atoms with Crippen molar-refractivity contribution in [3.8, 4) is 0 Å². The van der Waals surface area contributed by atoms with E-state index in [2.05, 4.69) is 20.9 Å². The molecule has 4 heteroatoms. The van der Waals surface area contributed by atoms with Crippen LogP contribution in [0.5, 0.6) is 0 Å². The first-order chi connectivity index (χ1) is 9.65. The fourth-order valence-corrected chi connectivity index (χ4v) is 2.49. The Kier molecular flexibility index (Phi) is 3.24. The number of benzene rings is 2. The van der Waals surface area contributed by atoms with Gasteiger partial charge in [0.2, 0.25) is 0 Å². The van der Waals surface area contributed by atoms with Crippen molar-refractivity contribution in [1.29, 1.82) is 0 Å². The number of nitrogens with two attached hydrogens (primary N) is 1. The number of hydrogen-bond acceptors (Lipinski definition) is 3. The quantitative estimate of drug-likeness (QED) is 0.575. The number of ketones is 1. The maximum absolute atomic E-state index is 12.5. The zero-order chi connectivity index (χ0) is 14.1. The SMILES string of the molecule is Nc1cc(Br)ccc1C(=O)c1ccc2ncccc2c1. The van der Waals surface area contributed by atoms with Crippen molar-refractivity contribution >= 4 is 38.3 Å². The van der Waals surface area contributed by atoms with Crippen molar-refractivity contribution in [3.05, 3.63) is 70.3 Å². The van der Waals surface area contributed by atoms with Gasteiger partial charge in [0.1, 0.15) is 0 Å². The van der Waals surface area contributed by atoms with E-state index in [1.54, 1.807) is 24.4 Å². The number of hydrogen-bond donors (Lipinski definition) is 1. The van der Waals surface area contributed by atoms with Gasteiger partial charge in [-0.2, -0.15) is 0 Å². The molecule has 2 aromatic carbocycles. The highest BCUT2D eigenvalue weighted by atomic mass is 79.9. The zero-order valence-electron chi connectivity index (χ0n) is 10.5. The van der Waals surface area contributed by atoms with Gasteiger partial charge in [-0.3, -0.25) is 9.78 Å². The van der Waals surface area contributed by atoms with Gasteiger partial charge in [0.05, 0.1) is 5.52 Å². The van der Waals surface area contributed by atoms with Crippen LogP contribution in [0.1, 0.15) is 15.9 Å². The van der Waals surface area contributed by atoms with Crippen LogP contribution >= 0.6 is 15.9 Å². The maximum Gasteiger partial charge on any atom is 0.195 e. The fourth-order valence-electron chi connectivity index (χ4n) is 2.11. The van der Waals surface area contributed by atoms with Crippen LogP contribution in [0.3, 0.4) is 0 Å². The number of rotatable bonds is 2. The Labute approximate surface area is 124 Å². The molecule has 0 spiro atoms. The van der Waals surface area contributed by atoms with E-state index in [0.717, 1.165) is 15.4 Å². The van der Waals surface area contributed by atoms with Gasteiger partial charge in [0.25, 0.3) is 0 Å². The summed E-state index contributed by atoms with van der Waals surface area (Å²) < 4.78 is 0.856. The molecule has 0 aliphatic heterocycles. The molecule has 1 aromatic heterocycles. The number of nitrogen functional groups attached to an aromatic ring is 1. The highest BCUT2D eigenvalue weighted by Crippen LogP contribution is 2.23. The predicted octanol–water partition coefficient (Wildman–Crippen LogP) is 3.81. The van der Waals surface area contributed by atoms with Gasteiger partial charge in [0.15, 0.2) is 5.78 Å². The molecule has 2 N–H and O–H groups in total. The predicted molar refractivity (Wildman–Crippen MR) is 83.7 cm³/mol. The van der Waals surface area contributed by atoms with Gasteiger partial charge >= 0.3 is 0 Å². The summed E-state index contributed by atoms with van der Waals surface area (Å²) in [6, 6.07) is 14.5. The van der Waals surface area contributed by atoms with Crippen LogP contribution in [0.25, 0.3) is 10.9 Å². The summed E-state index contributed by atoms with van der Waals surface area (Å²) in [5, 5.41) is 0.939. The van der Waals surface area contributed by atoms with E-state index in [1.807, 2.05) is 30.3 Å². The van der Waals surface area contributed by atoms with E-state index in [4.69, 9.17) is 5.73 Å². The minimum atomic E-state index is -0.0826. The molecule has 0 bridgehead atoms. The van der Waals surface area contributed by atoms with E-state index < -0.39 is 0 Å². The van der Waals surface area contributed by atoms with E-state index in [9.17, 15) is 4.79 Å². The second-order valence-electron chi connectivity index (χ2n) is 4.47. The first-order valence-electron chi connectivity index (χ1n) is 6.09. The van der Waals surface area contributed by atoms with Gasteiger partial charge < -0.3 is 5.73 Å². The van der Waals surface area contributed by atoms with Gasteiger partial charge in [-0.05, 0) is 42.5 Å². The Morgan fingerprint density at radius 1 is 1.10 bits per heavy atom. The van der Waals surface area contributed by atoms with Gasteiger partial charge in [-0.25, -0.2) is 0 Å². The average Bonchev–Trinajstić information content (AvgIpc) is 2.46. The number of aromatic nitrogens is 1. The van der Waals surface area contributed by atoms with Crippen molar-refractivity contribution in [2.75, 3.05) is 5.73 Å². The monoisotopic (exact) mass is 326 g/mol. The number of halogens is 1. The van der Waals surface area contributed by atoms with E-state index in [0.29, 0.717) is 16.8 Å². The normalized spacial score (nSPS) is 10.7. The van der Waals surface area contributed by atoms with E-state index in [1.165, 1.54) is 0 Å².